The summed E-state index contributed by atoms with van der Waals surface area (Å²) in [6, 6.07) is 71.1. The van der Waals surface area contributed by atoms with Crippen molar-refractivity contribution < 1.29 is 0 Å². The molecule has 318 valence electrons. The molecule has 5 aliphatic carbocycles. The Balaban J connectivity index is 1.18. The van der Waals surface area contributed by atoms with Crippen LogP contribution in [0.5, 0.6) is 0 Å². The first-order valence-corrected chi connectivity index (χ1v) is 23.7. The van der Waals surface area contributed by atoms with E-state index in [1.807, 2.05) is 6.08 Å². The maximum atomic E-state index is 6.13. The summed E-state index contributed by atoms with van der Waals surface area (Å²) in [6.45, 7) is 7.06. The molecule has 1 nitrogen and oxygen atoms in total. The first-order valence-electron chi connectivity index (χ1n) is 23.7. The Morgan fingerprint density at radius 1 is 0.522 bits per heavy atom. The van der Waals surface area contributed by atoms with E-state index in [1.165, 1.54) is 94.7 Å². The van der Waals surface area contributed by atoms with Crippen LogP contribution in [0.25, 0.3) is 27.8 Å². The molecule has 0 saturated heterocycles. The minimum atomic E-state index is -0.660. The molecule has 8 aromatic carbocycles. The lowest BCUT2D eigenvalue weighted by Crippen LogP contribution is -2.47. The average molecular weight is 856 g/mol. The summed E-state index contributed by atoms with van der Waals surface area (Å²) in [6.07, 6.45) is 19.8. The summed E-state index contributed by atoms with van der Waals surface area (Å²) < 4.78 is 0. The average Bonchev–Trinajstić information content (AvgIpc) is 3.91. The molecular formula is C66H49N. The topological polar surface area (TPSA) is 3.24 Å². The van der Waals surface area contributed by atoms with E-state index >= 15 is 0 Å². The molecule has 0 aliphatic heterocycles. The molecule has 0 bridgehead atoms. The third-order valence-corrected chi connectivity index (χ3v) is 16.2. The van der Waals surface area contributed by atoms with Crippen molar-refractivity contribution in [2.24, 2.45) is 5.92 Å². The molecule has 0 amide bonds. The number of hydrogen-bond acceptors (Lipinski definition) is 1. The van der Waals surface area contributed by atoms with Gasteiger partial charge < -0.3 is 4.90 Å². The normalized spacial score (nSPS) is 21.6. The van der Waals surface area contributed by atoms with Crippen LogP contribution in [0.1, 0.15) is 82.3 Å². The third-order valence-electron chi connectivity index (χ3n) is 16.2. The van der Waals surface area contributed by atoms with Gasteiger partial charge in [0.05, 0.1) is 16.5 Å². The van der Waals surface area contributed by atoms with Crippen LogP contribution in [-0.4, -0.2) is 0 Å². The lowest BCUT2D eigenvalue weighted by molar-refractivity contribution is 0.432. The molecule has 13 rings (SSSR count). The number of nitrogens with zero attached hydrogens (tertiary/aromatic N) is 1. The van der Waals surface area contributed by atoms with Crippen LogP contribution >= 0.6 is 0 Å². The van der Waals surface area contributed by atoms with Crippen molar-refractivity contribution in [2.75, 3.05) is 4.90 Å². The van der Waals surface area contributed by atoms with Gasteiger partial charge >= 0.3 is 0 Å². The van der Waals surface area contributed by atoms with E-state index in [-0.39, 0.29) is 17.3 Å². The monoisotopic (exact) mass is 855 g/mol. The number of hydrogen-bond donors (Lipinski definition) is 0. The minimum Gasteiger partial charge on any atom is -0.310 e. The zero-order valence-electron chi connectivity index (χ0n) is 38.0. The Bertz CT molecular complexity index is 3530. The Morgan fingerprint density at radius 2 is 1.13 bits per heavy atom. The summed E-state index contributed by atoms with van der Waals surface area (Å²) in [5.74, 6) is 3.19. The molecule has 67 heavy (non-hydrogen) atoms. The van der Waals surface area contributed by atoms with Crippen molar-refractivity contribution in [3.8, 4) is 34.6 Å². The summed E-state index contributed by atoms with van der Waals surface area (Å²) in [5, 5.41) is 0. The highest BCUT2D eigenvalue weighted by atomic mass is 15.1. The fraction of sp³-hybridized carbons (Fsp3) is 0.121. The standard InChI is InChI=1S/C66H49N/c1-5-6-27-53-43(2)48-23-10-15-29-55(48)65(53)58-32-18-19-33-59(58)66(56-30-16-12-25-50(56)51-26-13-17-31-57(51)66)63-60(65)34-20-35-62(63)67(46-38-36-45(37-39-46)44-21-8-7-9-22-44)47-40-41-52-49-24-11-14-28-54(49)64(3,4)61(52)42-47/h1,6-42,50,56H,2-4H3/b27-6-. The Hall–Kier alpha value is -7.92. The zero-order chi connectivity index (χ0) is 45.1. The van der Waals surface area contributed by atoms with Crippen LogP contribution in [0.3, 0.4) is 0 Å². The van der Waals surface area contributed by atoms with E-state index in [2.05, 4.69) is 250 Å². The highest BCUT2D eigenvalue weighted by molar-refractivity contribution is 5.94. The lowest BCUT2D eigenvalue weighted by Gasteiger charge is -2.52. The van der Waals surface area contributed by atoms with Gasteiger partial charge in [-0.25, -0.2) is 0 Å². The van der Waals surface area contributed by atoms with Gasteiger partial charge in [-0.2, -0.15) is 0 Å². The van der Waals surface area contributed by atoms with Gasteiger partial charge in [0.25, 0.3) is 0 Å². The van der Waals surface area contributed by atoms with Crippen LogP contribution in [0.15, 0.2) is 230 Å². The van der Waals surface area contributed by atoms with E-state index in [4.69, 9.17) is 6.42 Å². The number of terminal acetylenes is 1. The molecule has 0 fully saturated rings. The Kier molecular flexibility index (Phi) is 8.56. The van der Waals surface area contributed by atoms with E-state index in [1.54, 1.807) is 0 Å². The van der Waals surface area contributed by atoms with Gasteiger partial charge in [0.2, 0.25) is 0 Å². The molecule has 0 heterocycles. The van der Waals surface area contributed by atoms with Crippen molar-refractivity contribution >= 4 is 22.6 Å². The van der Waals surface area contributed by atoms with Crippen LogP contribution in [0.4, 0.5) is 17.1 Å². The molecule has 5 aliphatic rings. The summed E-state index contributed by atoms with van der Waals surface area (Å²) >= 11 is 0. The Morgan fingerprint density at radius 3 is 1.93 bits per heavy atom. The van der Waals surface area contributed by atoms with Crippen LogP contribution in [0.2, 0.25) is 0 Å². The lowest BCUT2D eigenvalue weighted by atomic mass is 9.50. The quantitative estimate of drug-likeness (QED) is 0.156. The van der Waals surface area contributed by atoms with Gasteiger partial charge in [0.1, 0.15) is 0 Å². The first-order chi connectivity index (χ1) is 32.9. The SMILES string of the molecule is C#C/C=C\C1=C(C)c2ccccc2C12c1ccccc1C1(c3ccccc3C3C=CC=CC31)c1c(N(c3ccc(-c4ccccc4)cc3)c3ccc4c(c3)C(C)(C)c3ccccc3-4)cccc12. The van der Waals surface area contributed by atoms with Crippen molar-refractivity contribution in [1.82, 2.24) is 0 Å². The predicted molar refractivity (Wildman–Crippen MR) is 278 cm³/mol. The predicted octanol–water partition coefficient (Wildman–Crippen LogP) is 15.9. The van der Waals surface area contributed by atoms with Crippen molar-refractivity contribution in [2.45, 2.75) is 42.9 Å². The van der Waals surface area contributed by atoms with Gasteiger partial charge in [-0.3, -0.25) is 0 Å². The van der Waals surface area contributed by atoms with E-state index in [0.717, 1.165) is 11.4 Å². The fourth-order valence-electron chi connectivity index (χ4n) is 13.5. The molecule has 0 aromatic heterocycles. The molecule has 0 N–H and O–H groups in total. The van der Waals surface area contributed by atoms with E-state index < -0.39 is 10.8 Å². The maximum Gasteiger partial charge on any atom is 0.0717 e. The molecule has 4 atom stereocenters. The Labute approximate surface area is 394 Å². The number of benzene rings is 8. The van der Waals surface area contributed by atoms with Gasteiger partial charge in [0.15, 0.2) is 0 Å². The van der Waals surface area contributed by atoms with Crippen LogP contribution in [0, 0.1) is 18.3 Å². The van der Waals surface area contributed by atoms with Crippen LogP contribution in [-0.2, 0) is 16.2 Å². The highest BCUT2D eigenvalue weighted by Crippen LogP contribution is 2.70. The molecule has 1 heteroatoms. The van der Waals surface area contributed by atoms with Gasteiger partial charge in [-0.05, 0) is 138 Å². The van der Waals surface area contributed by atoms with Gasteiger partial charge in [0, 0.05) is 28.6 Å². The second-order valence-corrected chi connectivity index (χ2v) is 19.4. The fourth-order valence-corrected chi connectivity index (χ4v) is 13.5. The molecular weight excluding hydrogens is 807 g/mol. The summed E-state index contributed by atoms with van der Waals surface area (Å²) in [4.78, 5) is 2.59. The van der Waals surface area contributed by atoms with Gasteiger partial charge in [-0.15, -0.1) is 6.42 Å². The van der Waals surface area contributed by atoms with Crippen LogP contribution < -0.4 is 4.90 Å². The van der Waals surface area contributed by atoms with Crippen molar-refractivity contribution in [1.29, 1.82) is 0 Å². The molecule has 4 unspecified atom stereocenters. The number of anilines is 3. The smallest absolute Gasteiger partial charge is 0.0717 e. The van der Waals surface area contributed by atoms with Crippen molar-refractivity contribution in [3.63, 3.8) is 0 Å². The summed E-state index contributed by atoms with van der Waals surface area (Å²) in [7, 11) is 0. The maximum absolute atomic E-state index is 6.13. The molecule has 2 spiro atoms. The molecule has 8 aromatic rings. The first kappa shape index (κ1) is 39.4. The number of allylic oxidation sites excluding steroid dienone is 8. The third kappa shape index (κ3) is 5.16. The van der Waals surface area contributed by atoms with Gasteiger partial charge in [-0.1, -0.05) is 202 Å². The highest BCUT2D eigenvalue weighted by Gasteiger charge is 2.63. The van der Waals surface area contributed by atoms with E-state index in [9.17, 15) is 0 Å². The largest absolute Gasteiger partial charge is 0.310 e. The minimum absolute atomic E-state index is 0.107. The van der Waals surface area contributed by atoms with Crippen molar-refractivity contribution in [3.05, 3.63) is 286 Å². The molecule has 0 radical (unpaired) electrons. The second-order valence-electron chi connectivity index (χ2n) is 19.4. The number of fused-ring (bicyclic) bond motifs is 16. The molecule has 0 saturated carbocycles. The van der Waals surface area contributed by atoms with E-state index in [0.29, 0.717) is 0 Å². The second kappa shape index (κ2) is 14.5. The zero-order valence-corrected chi connectivity index (χ0v) is 38.0. The summed E-state index contributed by atoms with van der Waals surface area (Å²) in [5.41, 5.74) is 22.8. The number of rotatable bonds is 5.